The standard InChI is InChI=1S/C24H34N4/c1-26-14-16-28(17-15-26)19-23-7-5-21(6-8-23)18-22-9-12-27(13-10-22)20-24-4-2-3-11-25-24/h2-8,11,22H,9-10,12-20H2,1H3. The molecule has 2 aliphatic rings. The zero-order chi connectivity index (χ0) is 19.2. The Bertz CT molecular complexity index is 699. The van der Waals surface area contributed by atoms with Crippen LogP contribution in [0.15, 0.2) is 48.7 Å². The van der Waals surface area contributed by atoms with Gasteiger partial charge in [0.2, 0.25) is 0 Å². The Morgan fingerprint density at radius 2 is 1.46 bits per heavy atom. The SMILES string of the molecule is CN1CCN(Cc2ccc(CC3CCN(Cc4ccccn4)CC3)cc2)CC1. The normalized spacial score (nSPS) is 20.5. The third-order valence-corrected chi connectivity index (χ3v) is 6.37. The van der Waals surface area contributed by atoms with Gasteiger partial charge in [-0.05, 0) is 68.6 Å². The molecule has 0 radical (unpaired) electrons. The quantitative estimate of drug-likeness (QED) is 0.769. The number of rotatable bonds is 6. The van der Waals surface area contributed by atoms with Gasteiger partial charge in [0.05, 0.1) is 5.69 Å². The molecule has 0 saturated carbocycles. The number of aromatic nitrogens is 1. The molecule has 0 atom stereocenters. The monoisotopic (exact) mass is 378 g/mol. The zero-order valence-electron chi connectivity index (χ0n) is 17.3. The molecule has 28 heavy (non-hydrogen) atoms. The Labute approximate surface area is 170 Å². The summed E-state index contributed by atoms with van der Waals surface area (Å²) in [5.74, 6) is 0.823. The van der Waals surface area contributed by atoms with Crippen LogP contribution in [0.2, 0.25) is 0 Å². The van der Waals surface area contributed by atoms with Gasteiger partial charge >= 0.3 is 0 Å². The Morgan fingerprint density at radius 1 is 0.786 bits per heavy atom. The number of hydrogen-bond acceptors (Lipinski definition) is 4. The molecule has 0 unspecified atom stereocenters. The summed E-state index contributed by atoms with van der Waals surface area (Å²) < 4.78 is 0. The van der Waals surface area contributed by atoms with Crippen LogP contribution in [-0.4, -0.2) is 66.0 Å². The van der Waals surface area contributed by atoms with E-state index in [1.807, 2.05) is 12.3 Å². The topological polar surface area (TPSA) is 22.6 Å². The number of piperazine rings is 1. The Hall–Kier alpha value is -1.75. The second kappa shape index (κ2) is 9.64. The maximum Gasteiger partial charge on any atom is 0.0543 e. The van der Waals surface area contributed by atoms with E-state index in [0.29, 0.717) is 0 Å². The van der Waals surface area contributed by atoms with Gasteiger partial charge in [-0.3, -0.25) is 14.8 Å². The van der Waals surface area contributed by atoms with E-state index in [9.17, 15) is 0 Å². The number of benzene rings is 1. The summed E-state index contributed by atoms with van der Waals surface area (Å²) in [5, 5.41) is 0. The Balaban J connectivity index is 1.21. The third-order valence-electron chi connectivity index (χ3n) is 6.37. The highest BCUT2D eigenvalue weighted by molar-refractivity contribution is 5.23. The van der Waals surface area contributed by atoms with Crippen LogP contribution >= 0.6 is 0 Å². The first-order chi connectivity index (χ1) is 13.7. The van der Waals surface area contributed by atoms with E-state index < -0.39 is 0 Å². The van der Waals surface area contributed by atoms with Crippen molar-refractivity contribution in [1.82, 2.24) is 19.7 Å². The second-order valence-electron chi connectivity index (χ2n) is 8.64. The van der Waals surface area contributed by atoms with E-state index >= 15 is 0 Å². The van der Waals surface area contributed by atoms with Crippen LogP contribution in [-0.2, 0) is 19.5 Å². The lowest BCUT2D eigenvalue weighted by atomic mass is 9.90. The van der Waals surface area contributed by atoms with Crippen LogP contribution in [0, 0.1) is 5.92 Å². The van der Waals surface area contributed by atoms with Crippen molar-refractivity contribution < 1.29 is 0 Å². The molecule has 4 nitrogen and oxygen atoms in total. The third kappa shape index (κ3) is 5.63. The first kappa shape index (κ1) is 19.6. The number of nitrogens with zero attached hydrogens (tertiary/aromatic N) is 4. The first-order valence-corrected chi connectivity index (χ1v) is 10.9. The van der Waals surface area contributed by atoms with Gasteiger partial charge < -0.3 is 4.90 Å². The van der Waals surface area contributed by atoms with E-state index in [1.54, 1.807) is 0 Å². The molecule has 0 N–H and O–H groups in total. The minimum absolute atomic E-state index is 0.823. The molecule has 0 aliphatic carbocycles. The van der Waals surface area contributed by atoms with Crippen LogP contribution in [0.5, 0.6) is 0 Å². The fourth-order valence-corrected chi connectivity index (χ4v) is 4.45. The van der Waals surface area contributed by atoms with Gasteiger partial charge in [0.15, 0.2) is 0 Å². The van der Waals surface area contributed by atoms with Gasteiger partial charge in [0.1, 0.15) is 0 Å². The summed E-state index contributed by atoms with van der Waals surface area (Å²) in [6.45, 7) is 9.25. The van der Waals surface area contributed by atoms with E-state index in [2.05, 4.69) is 63.1 Å². The molecule has 4 heteroatoms. The van der Waals surface area contributed by atoms with Gasteiger partial charge in [-0.1, -0.05) is 30.3 Å². The summed E-state index contributed by atoms with van der Waals surface area (Å²) >= 11 is 0. The van der Waals surface area contributed by atoms with Crippen molar-refractivity contribution in [3.8, 4) is 0 Å². The molecule has 2 saturated heterocycles. The van der Waals surface area contributed by atoms with E-state index in [0.717, 1.165) is 19.0 Å². The number of likely N-dealkylation sites (tertiary alicyclic amines) is 1. The van der Waals surface area contributed by atoms with Crippen LogP contribution in [0.3, 0.4) is 0 Å². The molecule has 3 heterocycles. The highest BCUT2D eigenvalue weighted by atomic mass is 15.2. The summed E-state index contributed by atoms with van der Waals surface area (Å²) in [5.41, 5.74) is 4.15. The van der Waals surface area contributed by atoms with Crippen LogP contribution < -0.4 is 0 Å². The molecule has 0 spiro atoms. The summed E-state index contributed by atoms with van der Waals surface area (Å²) in [6, 6.07) is 15.6. The minimum Gasteiger partial charge on any atom is -0.304 e. The second-order valence-corrected chi connectivity index (χ2v) is 8.64. The van der Waals surface area contributed by atoms with Crippen molar-refractivity contribution in [2.24, 2.45) is 5.92 Å². The van der Waals surface area contributed by atoms with Gasteiger partial charge in [0, 0.05) is 45.5 Å². The number of pyridine rings is 1. The molecular formula is C24H34N4. The average molecular weight is 379 g/mol. The van der Waals surface area contributed by atoms with Gasteiger partial charge in [-0.15, -0.1) is 0 Å². The van der Waals surface area contributed by atoms with Gasteiger partial charge in [-0.2, -0.15) is 0 Å². The molecule has 0 bridgehead atoms. The largest absolute Gasteiger partial charge is 0.304 e. The smallest absolute Gasteiger partial charge is 0.0543 e. The lowest BCUT2D eigenvalue weighted by molar-refractivity contribution is 0.148. The lowest BCUT2D eigenvalue weighted by Gasteiger charge is -2.32. The predicted octanol–water partition coefficient (Wildman–Crippen LogP) is 3.28. The maximum absolute atomic E-state index is 4.47. The summed E-state index contributed by atoms with van der Waals surface area (Å²) in [7, 11) is 2.22. The fourth-order valence-electron chi connectivity index (χ4n) is 4.45. The zero-order valence-corrected chi connectivity index (χ0v) is 17.3. The van der Waals surface area contributed by atoms with Crippen molar-refractivity contribution >= 4 is 0 Å². The molecule has 0 amide bonds. The van der Waals surface area contributed by atoms with E-state index in [4.69, 9.17) is 0 Å². The van der Waals surface area contributed by atoms with Crippen molar-refractivity contribution in [1.29, 1.82) is 0 Å². The van der Waals surface area contributed by atoms with Crippen molar-refractivity contribution in [3.63, 3.8) is 0 Å². The van der Waals surface area contributed by atoms with Crippen molar-refractivity contribution in [2.75, 3.05) is 46.3 Å². The molecule has 2 aliphatic heterocycles. The molecular weight excluding hydrogens is 344 g/mol. The molecule has 1 aromatic carbocycles. The highest BCUT2D eigenvalue weighted by Crippen LogP contribution is 2.23. The van der Waals surface area contributed by atoms with E-state index in [-0.39, 0.29) is 0 Å². The fraction of sp³-hybridized carbons (Fsp3) is 0.542. The molecule has 1 aromatic heterocycles. The van der Waals surface area contributed by atoms with E-state index in [1.165, 1.54) is 75.4 Å². The number of likely N-dealkylation sites (N-methyl/N-ethyl adjacent to an activating group) is 1. The molecule has 4 rings (SSSR count). The van der Waals surface area contributed by atoms with Crippen LogP contribution in [0.1, 0.15) is 29.7 Å². The summed E-state index contributed by atoms with van der Waals surface area (Å²) in [4.78, 5) is 12.0. The van der Waals surface area contributed by atoms with Crippen LogP contribution in [0.25, 0.3) is 0 Å². The predicted molar refractivity (Wildman–Crippen MR) is 115 cm³/mol. The average Bonchev–Trinajstić information content (AvgIpc) is 2.73. The molecule has 150 valence electrons. The van der Waals surface area contributed by atoms with Crippen molar-refractivity contribution in [2.45, 2.75) is 32.4 Å². The molecule has 2 aromatic rings. The lowest BCUT2D eigenvalue weighted by Crippen LogP contribution is -2.43. The highest BCUT2D eigenvalue weighted by Gasteiger charge is 2.20. The van der Waals surface area contributed by atoms with Gasteiger partial charge in [-0.25, -0.2) is 0 Å². The summed E-state index contributed by atoms with van der Waals surface area (Å²) in [6.07, 6.45) is 5.73. The van der Waals surface area contributed by atoms with Gasteiger partial charge in [0.25, 0.3) is 0 Å². The molecule has 2 fully saturated rings. The maximum atomic E-state index is 4.47. The Morgan fingerprint density at radius 3 is 2.14 bits per heavy atom. The number of hydrogen-bond donors (Lipinski definition) is 0. The van der Waals surface area contributed by atoms with Crippen molar-refractivity contribution in [3.05, 3.63) is 65.5 Å². The van der Waals surface area contributed by atoms with Crippen LogP contribution in [0.4, 0.5) is 0 Å². The first-order valence-electron chi connectivity index (χ1n) is 10.9. The minimum atomic E-state index is 0.823. The number of piperidine rings is 1. The Kier molecular flexibility index (Phi) is 6.73.